The van der Waals surface area contributed by atoms with Crippen LogP contribution in [-0.4, -0.2) is 31.9 Å². The molecule has 0 N–H and O–H groups in total. The van der Waals surface area contributed by atoms with Crippen molar-refractivity contribution in [3.8, 4) is 0 Å². The van der Waals surface area contributed by atoms with Crippen LogP contribution >= 0.6 is 0 Å². The van der Waals surface area contributed by atoms with Crippen LogP contribution in [0.4, 0.5) is 0 Å². The predicted octanol–water partition coefficient (Wildman–Crippen LogP) is 7.90. The monoisotopic (exact) mass is 448 g/mol. The zero-order valence-electron chi connectivity index (χ0n) is 21.2. The molecule has 4 heteroatoms. The standard InChI is InChI=1S/C28H48O4/c1-6-11-12-13-14-15-19-27(29-24-26-18-16-17-25(10-5)23-26)28(30-20-7-2,31-21-8-3)32-22-9-4/h10,16-18,23,27H,5-9,11-15,19-22,24H2,1-4H3. The fourth-order valence-corrected chi connectivity index (χ4v) is 3.62. The van der Waals surface area contributed by atoms with Crippen molar-refractivity contribution in [1.29, 1.82) is 0 Å². The fourth-order valence-electron chi connectivity index (χ4n) is 3.62. The SMILES string of the molecule is C=Cc1cccc(COC(CCCCCCCC)C(OCCC)(OCCC)OCCC)c1. The van der Waals surface area contributed by atoms with Crippen LogP contribution < -0.4 is 0 Å². The maximum atomic E-state index is 6.50. The highest BCUT2D eigenvalue weighted by Crippen LogP contribution is 2.29. The van der Waals surface area contributed by atoms with Gasteiger partial charge in [0.25, 0.3) is 0 Å². The first-order valence-corrected chi connectivity index (χ1v) is 12.9. The lowest BCUT2D eigenvalue weighted by Crippen LogP contribution is -2.51. The molecule has 0 aromatic heterocycles. The van der Waals surface area contributed by atoms with Crippen molar-refractivity contribution < 1.29 is 18.9 Å². The molecule has 0 aliphatic carbocycles. The molecule has 184 valence electrons. The maximum absolute atomic E-state index is 6.50. The Morgan fingerprint density at radius 3 is 1.97 bits per heavy atom. The minimum absolute atomic E-state index is 0.286. The van der Waals surface area contributed by atoms with Crippen LogP contribution in [0.1, 0.15) is 103 Å². The summed E-state index contributed by atoms with van der Waals surface area (Å²) in [5.41, 5.74) is 2.21. The Hall–Kier alpha value is -1.20. The fraction of sp³-hybridized carbons (Fsp3) is 0.714. The minimum atomic E-state index is -1.15. The van der Waals surface area contributed by atoms with Crippen molar-refractivity contribution in [1.82, 2.24) is 0 Å². The van der Waals surface area contributed by atoms with Crippen LogP contribution in [0.5, 0.6) is 0 Å². The molecule has 0 heterocycles. The summed E-state index contributed by atoms with van der Waals surface area (Å²) in [5.74, 6) is -1.15. The molecule has 0 saturated carbocycles. The van der Waals surface area contributed by atoms with Crippen LogP contribution in [0.25, 0.3) is 6.08 Å². The van der Waals surface area contributed by atoms with Crippen LogP contribution in [0, 0.1) is 0 Å². The first-order chi connectivity index (χ1) is 15.7. The number of benzene rings is 1. The topological polar surface area (TPSA) is 36.9 Å². The molecule has 0 aliphatic heterocycles. The Morgan fingerprint density at radius 1 is 0.812 bits per heavy atom. The molecule has 0 saturated heterocycles. The number of rotatable bonds is 21. The van der Waals surface area contributed by atoms with Crippen LogP contribution in [-0.2, 0) is 25.6 Å². The largest absolute Gasteiger partial charge is 0.365 e. The van der Waals surface area contributed by atoms with Gasteiger partial charge < -0.3 is 18.9 Å². The van der Waals surface area contributed by atoms with Crippen LogP contribution in [0.2, 0.25) is 0 Å². The summed E-state index contributed by atoms with van der Waals surface area (Å²) in [7, 11) is 0. The second-order valence-corrected chi connectivity index (χ2v) is 8.45. The van der Waals surface area contributed by atoms with Gasteiger partial charge in [-0.25, -0.2) is 0 Å². The Balaban J connectivity index is 3.00. The molecule has 0 aliphatic rings. The second kappa shape index (κ2) is 18.3. The van der Waals surface area contributed by atoms with E-state index in [1.165, 1.54) is 32.1 Å². The van der Waals surface area contributed by atoms with E-state index in [1.54, 1.807) is 0 Å². The van der Waals surface area contributed by atoms with Crippen molar-refractivity contribution in [3.05, 3.63) is 42.0 Å². The second-order valence-electron chi connectivity index (χ2n) is 8.45. The van der Waals surface area contributed by atoms with Gasteiger partial charge in [-0.3, -0.25) is 0 Å². The summed E-state index contributed by atoms with van der Waals surface area (Å²) >= 11 is 0. The average molecular weight is 449 g/mol. The average Bonchev–Trinajstić information content (AvgIpc) is 2.83. The van der Waals surface area contributed by atoms with Gasteiger partial charge in [0.15, 0.2) is 0 Å². The van der Waals surface area contributed by atoms with Gasteiger partial charge in [-0.15, -0.1) is 0 Å². The normalized spacial score (nSPS) is 12.8. The highest BCUT2D eigenvalue weighted by atomic mass is 16.9. The van der Waals surface area contributed by atoms with Crippen molar-refractivity contribution >= 4 is 6.08 Å². The molecule has 0 fully saturated rings. The Kier molecular flexibility index (Phi) is 16.4. The van der Waals surface area contributed by atoms with Crippen molar-refractivity contribution in [2.24, 2.45) is 0 Å². The molecule has 32 heavy (non-hydrogen) atoms. The van der Waals surface area contributed by atoms with Crippen LogP contribution in [0.3, 0.4) is 0 Å². The van der Waals surface area contributed by atoms with Gasteiger partial charge in [-0.05, 0) is 42.9 Å². The molecule has 1 aromatic carbocycles. The molecule has 0 spiro atoms. The zero-order chi connectivity index (χ0) is 23.5. The smallest absolute Gasteiger partial charge is 0.310 e. The summed E-state index contributed by atoms with van der Waals surface area (Å²) < 4.78 is 25.4. The van der Waals surface area contributed by atoms with Crippen molar-refractivity contribution in [2.45, 2.75) is 111 Å². The Morgan fingerprint density at radius 2 is 1.41 bits per heavy atom. The molecule has 0 bridgehead atoms. The third-order valence-corrected chi connectivity index (χ3v) is 5.37. The van der Waals surface area contributed by atoms with Gasteiger partial charge >= 0.3 is 5.97 Å². The summed E-state index contributed by atoms with van der Waals surface area (Å²) in [6.45, 7) is 14.7. The number of unbranched alkanes of at least 4 members (excludes halogenated alkanes) is 5. The summed E-state index contributed by atoms with van der Waals surface area (Å²) in [4.78, 5) is 0. The molecule has 0 amide bonds. The third kappa shape index (κ3) is 11.1. The molecule has 0 radical (unpaired) electrons. The molecule has 1 rings (SSSR count). The molecular weight excluding hydrogens is 400 g/mol. The maximum Gasteiger partial charge on any atom is 0.310 e. The van der Waals surface area contributed by atoms with Gasteiger partial charge in [0.2, 0.25) is 0 Å². The molecule has 4 nitrogen and oxygen atoms in total. The Bertz CT molecular complexity index is 565. The van der Waals surface area contributed by atoms with E-state index < -0.39 is 5.97 Å². The minimum Gasteiger partial charge on any atom is -0.365 e. The van der Waals surface area contributed by atoms with E-state index in [0.29, 0.717) is 26.4 Å². The summed E-state index contributed by atoms with van der Waals surface area (Å²) in [6.07, 6.45) is 12.5. The van der Waals surface area contributed by atoms with E-state index in [1.807, 2.05) is 18.2 Å². The van der Waals surface area contributed by atoms with E-state index in [-0.39, 0.29) is 6.10 Å². The quantitative estimate of drug-likeness (QED) is 0.141. The summed E-state index contributed by atoms with van der Waals surface area (Å²) in [6, 6.07) is 8.29. The van der Waals surface area contributed by atoms with Gasteiger partial charge in [0, 0.05) is 0 Å². The van der Waals surface area contributed by atoms with E-state index in [9.17, 15) is 0 Å². The molecule has 1 atom stereocenters. The lowest BCUT2D eigenvalue weighted by Gasteiger charge is -2.39. The van der Waals surface area contributed by atoms with Crippen molar-refractivity contribution in [3.63, 3.8) is 0 Å². The first kappa shape index (κ1) is 28.8. The number of hydrogen-bond donors (Lipinski definition) is 0. The zero-order valence-corrected chi connectivity index (χ0v) is 21.2. The van der Waals surface area contributed by atoms with Gasteiger partial charge in [0.05, 0.1) is 26.4 Å². The summed E-state index contributed by atoms with van der Waals surface area (Å²) in [5, 5.41) is 0. The molecule has 1 aromatic rings. The molecular formula is C28H48O4. The number of ether oxygens (including phenoxy) is 4. The third-order valence-electron chi connectivity index (χ3n) is 5.37. The predicted molar refractivity (Wildman–Crippen MR) is 135 cm³/mol. The van der Waals surface area contributed by atoms with Gasteiger partial charge in [-0.1, -0.05) is 97.1 Å². The van der Waals surface area contributed by atoms with E-state index in [4.69, 9.17) is 18.9 Å². The lowest BCUT2D eigenvalue weighted by atomic mass is 10.1. The highest BCUT2D eigenvalue weighted by molar-refractivity contribution is 5.47. The van der Waals surface area contributed by atoms with E-state index in [0.717, 1.165) is 43.2 Å². The molecule has 1 unspecified atom stereocenters. The number of hydrogen-bond acceptors (Lipinski definition) is 4. The van der Waals surface area contributed by atoms with Crippen LogP contribution in [0.15, 0.2) is 30.8 Å². The van der Waals surface area contributed by atoms with Gasteiger partial charge in [-0.2, -0.15) is 0 Å². The van der Waals surface area contributed by atoms with Crippen molar-refractivity contribution in [2.75, 3.05) is 19.8 Å². The van der Waals surface area contributed by atoms with E-state index >= 15 is 0 Å². The highest BCUT2D eigenvalue weighted by Gasteiger charge is 2.43. The van der Waals surface area contributed by atoms with Gasteiger partial charge in [0.1, 0.15) is 6.10 Å². The Labute approximate surface area is 197 Å². The first-order valence-electron chi connectivity index (χ1n) is 12.9. The van der Waals surface area contributed by atoms with E-state index in [2.05, 4.69) is 46.4 Å². The lowest BCUT2D eigenvalue weighted by molar-refractivity contribution is -0.419.